The van der Waals surface area contributed by atoms with Gasteiger partial charge >= 0.3 is 0 Å². The van der Waals surface area contributed by atoms with Crippen molar-refractivity contribution in [3.8, 4) is 0 Å². The molecule has 1 aromatic rings. The number of benzene rings is 1. The number of nitrogens with two attached hydrogens (primary N) is 1. The third-order valence-electron chi connectivity index (χ3n) is 6.05. The summed E-state index contributed by atoms with van der Waals surface area (Å²) in [4.78, 5) is 25.2. The van der Waals surface area contributed by atoms with Gasteiger partial charge in [0.25, 0.3) is 0 Å². The van der Waals surface area contributed by atoms with Crippen molar-refractivity contribution in [2.24, 2.45) is 29.4 Å². The van der Waals surface area contributed by atoms with Crippen LogP contribution in [0.1, 0.15) is 71.4 Å². The molecule has 2 rings (SSSR count). The Morgan fingerprint density at radius 1 is 1.15 bits per heavy atom. The molecule has 3 N–H and O–H groups in total. The molecule has 150 valence electrons. The Kier molecular flexibility index (Phi) is 8.03. The predicted molar refractivity (Wildman–Crippen MR) is 110 cm³/mol. The van der Waals surface area contributed by atoms with Crippen LogP contribution in [0.25, 0.3) is 0 Å². The first-order valence-electron chi connectivity index (χ1n) is 10.4. The molecular formula is C23H36N2O2. The van der Waals surface area contributed by atoms with E-state index in [2.05, 4.69) is 26.1 Å². The van der Waals surface area contributed by atoms with Crippen LogP contribution < -0.4 is 11.1 Å². The van der Waals surface area contributed by atoms with E-state index in [1.54, 1.807) is 6.92 Å². The Labute approximate surface area is 164 Å². The summed E-state index contributed by atoms with van der Waals surface area (Å²) >= 11 is 0. The van der Waals surface area contributed by atoms with E-state index >= 15 is 0 Å². The largest absolute Gasteiger partial charge is 0.348 e. The van der Waals surface area contributed by atoms with Crippen molar-refractivity contribution in [3.63, 3.8) is 0 Å². The number of ketones is 1. The summed E-state index contributed by atoms with van der Waals surface area (Å²) in [5, 5.41) is 3.02. The van der Waals surface area contributed by atoms with Crippen LogP contribution in [0.15, 0.2) is 30.3 Å². The maximum atomic E-state index is 13.1. The van der Waals surface area contributed by atoms with Gasteiger partial charge in [0.15, 0.2) is 0 Å². The fraction of sp³-hybridized carbons (Fsp3) is 0.652. The van der Waals surface area contributed by atoms with Crippen molar-refractivity contribution < 1.29 is 9.59 Å². The van der Waals surface area contributed by atoms with Gasteiger partial charge in [0, 0.05) is 12.3 Å². The van der Waals surface area contributed by atoms with Crippen LogP contribution in [0.5, 0.6) is 0 Å². The number of carbonyl (C=O) groups excluding carboxylic acids is 2. The average Bonchev–Trinajstić information content (AvgIpc) is 2.64. The summed E-state index contributed by atoms with van der Waals surface area (Å²) in [7, 11) is 0. The molecule has 0 heterocycles. The molecule has 1 aliphatic carbocycles. The number of nitrogens with one attached hydrogen (secondary N) is 1. The number of rotatable bonds is 8. The molecule has 1 fully saturated rings. The van der Waals surface area contributed by atoms with Gasteiger partial charge in [0.05, 0.1) is 12.1 Å². The molecule has 27 heavy (non-hydrogen) atoms. The Morgan fingerprint density at radius 3 is 2.41 bits per heavy atom. The van der Waals surface area contributed by atoms with Crippen LogP contribution in [-0.4, -0.2) is 17.7 Å². The van der Waals surface area contributed by atoms with Gasteiger partial charge in [0.1, 0.15) is 5.78 Å². The second kappa shape index (κ2) is 10.0. The van der Waals surface area contributed by atoms with Crippen molar-refractivity contribution in [2.75, 3.05) is 0 Å². The lowest BCUT2D eigenvalue weighted by molar-refractivity contribution is -0.128. The zero-order chi connectivity index (χ0) is 20.0. The van der Waals surface area contributed by atoms with Crippen molar-refractivity contribution >= 4 is 11.7 Å². The van der Waals surface area contributed by atoms with Crippen LogP contribution in [0, 0.1) is 23.7 Å². The Hall–Kier alpha value is -1.68. The van der Waals surface area contributed by atoms with E-state index in [4.69, 9.17) is 5.73 Å². The first kappa shape index (κ1) is 21.6. The van der Waals surface area contributed by atoms with Gasteiger partial charge in [-0.25, -0.2) is 0 Å². The zero-order valence-corrected chi connectivity index (χ0v) is 17.3. The molecular weight excluding hydrogens is 336 g/mol. The molecule has 0 saturated heterocycles. The second-order valence-electron chi connectivity index (χ2n) is 8.70. The second-order valence-corrected chi connectivity index (χ2v) is 8.70. The Bertz CT molecular complexity index is 612. The normalized spacial score (nSPS) is 25.0. The molecule has 4 nitrogen and oxygen atoms in total. The quantitative estimate of drug-likeness (QED) is 0.716. The number of Topliss-reactive ketones (excluding diaryl/α,β-unsaturated/α-hetero) is 1. The van der Waals surface area contributed by atoms with Crippen molar-refractivity contribution in [3.05, 3.63) is 35.9 Å². The zero-order valence-electron chi connectivity index (χ0n) is 17.3. The molecule has 0 aromatic heterocycles. The van der Waals surface area contributed by atoms with Crippen molar-refractivity contribution in [2.45, 2.75) is 71.9 Å². The van der Waals surface area contributed by atoms with Crippen LogP contribution in [0.3, 0.4) is 0 Å². The van der Waals surface area contributed by atoms with Gasteiger partial charge in [0.2, 0.25) is 5.91 Å². The highest BCUT2D eigenvalue weighted by Gasteiger charge is 2.35. The minimum Gasteiger partial charge on any atom is -0.348 e. The van der Waals surface area contributed by atoms with E-state index in [0.717, 1.165) is 18.4 Å². The number of amides is 1. The molecule has 0 bridgehead atoms. The molecule has 1 amide bonds. The van der Waals surface area contributed by atoms with Crippen molar-refractivity contribution in [1.82, 2.24) is 5.32 Å². The number of carbonyl (C=O) groups is 2. The van der Waals surface area contributed by atoms with Gasteiger partial charge in [-0.05, 0) is 49.5 Å². The minimum atomic E-state index is -0.559. The molecule has 0 spiro atoms. The summed E-state index contributed by atoms with van der Waals surface area (Å²) in [6.45, 7) is 8.40. The predicted octanol–water partition coefficient (Wildman–Crippen LogP) is 4.25. The maximum absolute atomic E-state index is 13.1. The summed E-state index contributed by atoms with van der Waals surface area (Å²) < 4.78 is 0. The average molecular weight is 373 g/mol. The van der Waals surface area contributed by atoms with E-state index in [1.165, 1.54) is 6.42 Å². The van der Waals surface area contributed by atoms with E-state index in [0.29, 0.717) is 36.4 Å². The summed E-state index contributed by atoms with van der Waals surface area (Å²) in [6.07, 6.45) is 4.50. The molecule has 0 aliphatic heterocycles. The highest BCUT2D eigenvalue weighted by molar-refractivity contribution is 5.82. The fourth-order valence-corrected chi connectivity index (χ4v) is 4.36. The Morgan fingerprint density at radius 2 is 1.81 bits per heavy atom. The van der Waals surface area contributed by atoms with Gasteiger partial charge < -0.3 is 11.1 Å². The monoisotopic (exact) mass is 372 g/mol. The highest BCUT2D eigenvalue weighted by Crippen LogP contribution is 2.39. The summed E-state index contributed by atoms with van der Waals surface area (Å²) in [5.74, 6) is 1.99. The number of hydrogen-bond donors (Lipinski definition) is 2. The highest BCUT2D eigenvalue weighted by atomic mass is 16.2. The van der Waals surface area contributed by atoms with Crippen LogP contribution in [-0.2, 0) is 9.59 Å². The molecule has 1 aromatic carbocycles. The van der Waals surface area contributed by atoms with Crippen molar-refractivity contribution in [1.29, 1.82) is 0 Å². The van der Waals surface area contributed by atoms with Gasteiger partial charge in [-0.15, -0.1) is 0 Å². The van der Waals surface area contributed by atoms with Crippen LogP contribution in [0.4, 0.5) is 0 Å². The molecule has 5 atom stereocenters. The van der Waals surface area contributed by atoms with Crippen LogP contribution in [0.2, 0.25) is 0 Å². The lowest BCUT2D eigenvalue weighted by Gasteiger charge is -2.36. The van der Waals surface area contributed by atoms with Gasteiger partial charge in [-0.3, -0.25) is 9.59 Å². The van der Waals surface area contributed by atoms with E-state index in [1.807, 2.05) is 30.3 Å². The maximum Gasteiger partial charge on any atom is 0.237 e. The summed E-state index contributed by atoms with van der Waals surface area (Å²) in [6, 6.07) is 9.13. The molecule has 0 radical (unpaired) electrons. The van der Waals surface area contributed by atoms with Gasteiger partial charge in [-0.2, -0.15) is 0 Å². The van der Waals surface area contributed by atoms with Crippen LogP contribution >= 0.6 is 0 Å². The topological polar surface area (TPSA) is 72.2 Å². The lowest BCUT2D eigenvalue weighted by Crippen LogP contribution is -2.40. The minimum absolute atomic E-state index is 0.161. The lowest BCUT2D eigenvalue weighted by atomic mass is 9.68. The first-order valence-corrected chi connectivity index (χ1v) is 10.4. The Balaban J connectivity index is 2.06. The van der Waals surface area contributed by atoms with Gasteiger partial charge in [-0.1, -0.05) is 57.5 Å². The first-order chi connectivity index (χ1) is 12.8. The summed E-state index contributed by atoms with van der Waals surface area (Å²) in [5.41, 5.74) is 6.75. The van der Waals surface area contributed by atoms with E-state index < -0.39 is 6.04 Å². The fourth-order valence-electron chi connectivity index (χ4n) is 4.36. The molecule has 4 heteroatoms. The third kappa shape index (κ3) is 6.17. The molecule has 1 unspecified atom stereocenters. The SMILES string of the molecule is CC(C)[C@@H]1CC[C@@H](C)C[C@H]1C(=O)CCC(NC(=O)[C@@H](C)N)c1ccccc1. The molecule has 1 saturated carbocycles. The standard InChI is InChI=1S/C23H36N2O2/c1-15(2)19-11-10-16(3)14-20(19)22(26)13-12-21(25-23(27)17(4)24)18-8-6-5-7-9-18/h5-9,15-17,19-21H,10-14,24H2,1-4H3,(H,25,27)/t16-,17-,19+,20-,21?/m1/s1. The van der Waals surface area contributed by atoms with E-state index in [-0.39, 0.29) is 17.9 Å². The molecule has 1 aliphatic rings. The third-order valence-corrected chi connectivity index (χ3v) is 6.05. The van der Waals surface area contributed by atoms with E-state index in [9.17, 15) is 9.59 Å². The number of hydrogen-bond acceptors (Lipinski definition) is 3. The smallest absolute Gasteiger partial charge is 0.237 e.